The van der Waals surface area contributed by atoms with Crippen molar-refractivity contribution >= 4 is 16.8 Å². The number of aryl methyl sites for hydroxylation is 2. The predicted molar refractivity (Wildman–Crippen MR) is 138 cm³/mol. The molecule has 0 bridgehead atoms. The van der Waals surface area contributed by atoms with Crippen LogP contribution in [-0.2, 0) is 0 Å². The second-order valence-electron chi connectivity index (χ2n) is 9.13. The van der Waals surface area contributed by atoms with Crippen LogP contribution in [0.1, 0.15) is 71.8 Å². The third kappa shape index (κ3) is 4.83. The number of rotatable bonds is 6. The maximum absolute atomic E-state index is 13.5. The highest BCUT2D eigenvalue weighted by molar-refractivity contribution is 6.07. The van der Waals surface area contributed by atoms with Gasteiger partial charge in [0.25, 0.3) is 5.91 Å². The second-order valence-corrected chi connectivity index (χ2v) is 9.13. The molecule has 1 N–H and O–H groups in total. The number of para-hydroxylation sites is 1. The molecule has 0 aliphatic heterocycles. The first kappa shape index (κ1) is 22.7. The Morgan fingerprint density at radius 1 is 0.879 bits per heavy atom. The molecule has 0 saturated heterocycles. The summed E-state index contributed by atoms with van der Waals surface area (Å²) in [5.74, 6) is 0.416. The number of carbonyl (C=O) groups is 1. The number of nitrogens with one attached hydrogen (secondary N) is 1. The summed E-state index contributed by atoms with van der Waals surface area (Å²) in [7, 11) is 0. The van der Waals surface area contributed by atoms with E-state index in [-0.39, 0.29) is 11.9 Å². The van der Waals surface area contributed by atoms with Gasteiger partial charge < -0.3 is 5.32 Å². The van der Waals surface area contributed by atoms with Crippen molar-refractivity contribution in [3.05, 3.63) is 101 Å². The van der Waals surface area contributed by atoms with Gasteiger partial charge in [0.1, 0.15) is 0 Å². The van der Waals surface area contributed by atoms with Gasteiger partial charge >= 0.3 is 0 Å². The smallest absolute Gasteiger partial charge is 0.252 e. The van der Waals surface area contributed by atoms with Gasteiger partial charge in [0, 0.05) is 10.9 Å². The van der Waals surface area contributed by atoms with Crippen LogP contribution in [0.2, 0.25) is 0 Å². The fourth-order valence-corrected chi connectivity index (χ4v) is 4.18. The van der Waals surface area contributed by atoms with Crippen molar-refractivity contribution in [3.8, 4) is 11.3 Å². The SMILES string of the molecule is CC[C@H](NC(=O)c1cc(-c2ccc(C)c(C)c2)nc2ccccc12)c1ccc(C(C)C)cc1. The van der Waals surface area contributed by atoms with Gasteiger partial charge in [0.2, 0.25) is 0 Å². The average molecular weight is 437 g/mol. The van der Waals surface area contributed by atoms with E-state index in [1.165, 1.54) is 16.7 Å². The number of amides is 1. The van der Waals surface area contributed by atoms with Crippen molar-refractivity contribution in [2.75, 3.05) is 0 Å². The number of aromatic nitrogens is 1. The standard InChI is InChI=1S/C30H32N2O/c1-6-27(23-15-13-22(14-16-23)19(2)3)32-30(33)26-18-29(24-12-11-20(4)21(5)17-24)31-28-10-8-7-9-25(26)28/h7-19,27H,6H2,1-5H3,(H,32,33)/t27-/m0/s1. The predicted octanol–water partition coefficient (Wildman–Crippen LogP) is 7.52. The van der Waals surface area contributed by atoms with Crippen LogP contribution in [-0.4, -0.2) is 10.9 Å². The summed E-state index contributed by atoms with van der Waals surface area (Å²) < 4.78 is 0. The Labute approximate surface area is 196 Å². The monoisotopic (exact) mass is 436 g/mol. The summed E-state index contributed by atoms with van der Waals surface area (Å²) in [6.45, 7) is 10.7. The van der Waals surface area contributed by atoms with E-state index in [0.29, 0.717) is 11.5 Å². The molecule has 168 valence electrons. The molecule has 0 saturated carbocycles. The van der Waals surface area contributed by atoms with Gasteiger partial charge in [0.05, 0.1) is 22.8 Å². The van der Waals surface area contributed by atoms with E-state index >= 15 is 0 Å². The summed E-state index contributed by atoms with van der Waals surface area (Å²) in [5, 5.41) is 4.14. The molecule has 0 fully saturated rings. The van der Waals surface area contributed by atoms with E-state index in [1.807, 2.05) is 30.3 Å². The van der Waals surface area contributed by atoms with Gasteiger partial charge in [-0.05, 0) is 66.6 Å². The van der Waals surface area contributed by atoms with E-state index in [4.69, 9.17) is 4.98 Å². The van der Waals surface area contributed by atoms with Crippen LogP contribution in [0.4, 0.5) is 0 Å². The van der Waals surface area contributed by atoms with E-state index in [9.17, 15) is 4.79 Å². The maximum Gasteiger partial charge on any atom is 0.252 e. The Morgan fingerprint density at radius 3 is 2.24 bits per heavy atom. The van der Waals surface area contributed by atoms with E-state index in [0.717, 1.165) is 34.1 Å². The molecule has 3 heteroatoms. The van der Waals surface area contributed by atoms with Crippen LogP contribution in [0.15, 0.2) is 72.8 Å². The van der Waals surface area contributed by atoms with Crippen LogP contribution in [0.5, 0.6) is 0 Å². The third-order valence-electron chi connectivity index (χ3n) is 6.48. The van der Waals surface area contributed by atoms with Crippen LogP contribution in [0.3, 0.4) is 0 Å². The fourth-order valence-electron chi connectivity index (χ4n) is 4.18. The van der Waals surface area contributed by atoms with Crippen molar-refractivity contribution in [1.82, 2.24) is 10.3 Å². The number of carbonyl (C=O) groups excluding carboxylic acids is 1. The lowest BCUT2D eigenvalue weighted by atomic mass is 9.97. The number of benzene rings is 3. The van der Waals surface area contributed by atoms with Crippen molar-refractivity contribution in [1.29, 1.82) is 0 Å². The summed E-state index contributed by atoms with van der Waals surface area (Å²) in [6.07, 6.45) is 0.819. The highest BCUT2D eigenvalue weighted by Crippen LogP contribution is 2.27. The number of fused-ring (bicyclic) bond motifs is 1. The molecular weight excluding hydrogens is 404 g/mol. The first-order valence-corrected chi connectivity index (χ1v) is 11.8. The molecule has 1 atom stereocenters. The fraction of sp³-hybridized carbons (Fsp3) is 0.267. The van der Waals surface area contributed by atoms with Gasteiger partial charge in [-0.1, -0.05) is 75.4 Å². The van der Waals surface area contributed by atoms with Crippen LogP contribution >= 0.6 is 0 Å². The minimum absolute atomic E-state index is 0.0456. The molecule has 1 heterocycles. The van der Waals surface area contributed by atoms with Crippen LogP contribution in [0.25, 0.3) is 22.2 Å². The average Bonchev–Trinajstić information content (AvgIpc) is 2.83. The lowest BCUT2D eigenvalue weighted by Crippen LogP contribution is -2.28. The Morgan fingerprint density at radius 2 is 1.58 bits per heavy atom. The lowest BCUT2D eigenvalue weighted by molar-refractivity contribution is 0.0937. The first-order valence-electron chi connectivity index (χ1n) is 11.8. The number of pyridine rings is 1. The molecule has 4 rings (SSSR count). The molecule has 4 aromatic rings. The lowest BCUT2D eigenvalue weighted by Gasteiger charge is -2.19. The molecule has 3 nitrogen and oxygen atoms in total. The zero-order valence-corrected chi connectivity index (χ0v) is 20.1. The Kier molecular flexibility index (Phi) is 6.60. The second kappa shape index (κ2) is 9.58. The van der Waals surface area contributed by atoms with Crippen molar-refractivity contribution in [2.24, 2.45) is 0 Å². The zero-order valence-electron chi connectivity index (χ0n) is 20.1. The van der Waals surface area contributed by atoms with Crippen molar-refractivity contribution in [2.45, 2.75) is 53.0 Å². The van der Waals surface area contributed by atoms with Gasteiger partial charge in [-0.3, -0.25) is 4.79 Å². The Balaban J connectivity index is 1.71. The van der Waals surface area contributed by atoms with E-state index < -0.39 is 0 Å². The zero-order chi connectivity index (χ0) is 23.5. The molecule has 0 aliphatic carbocycles. The molecule has 0 unspecified atom stereocenters. The van der Waals surface area contributed by atoms with Crippen LogP contribution in [0, 0.1) is 13.8 Å². The minimum Gasteiger partial charge on any atom is -0.345 e. The van der Waals surface area contributed by atoms with Gasteiger partial charge in [-0.25, -0.2) is 4.98 Å². The minimum atomic E-state index is -0.0709. The quantitative estimate of drug-likeness (QED) is 0.339. The summed E-state index contributed by atoms with van der Waals surface area (Å²) in [5.41, 5.74) is 8.21. The molecule has 0 radical (unpaired) electrons. The van der Waals surface area contributed by atoms with E-state index in [2.05, 4.69) is 82.4 Å². The molecule has 3 aromatic carbocycles. The van der Waals surface area contributed by atoms with Crippen molar-refractivity contribution in [3.63, 3.8) is 0 Å². The van der Waals surface area contributed by atoms with Gasteiger partial charge in [-0.15, -0.1) is 0 Å². The maximum atomic E-state index is 13.5. The Hall–Kier alpha value is -3.46. The number of nitrogens with zero attached hydrogens (tertiary/aromatic N) is 1. The third-order valence-corrected chi connectivity index (χ3v) is 6.48. The highest BCUT2D eigenvalue weighted by atomic mass is 16.1. The molecule has 0 aliphatic rings. The Bertz CT molecular complexity index is 1290. The number of hydrogen-bond donors (Lipinski definition) is 1. The first-order chi connectivity index (χ1) is 15.9. The molecule has 0 spiro atoms. The van der Waals surface area contributed by atoms with Crippen molar-refractivity contribution < 1.29 is 4.79 Å². The van der Waals surface area contributed by atoms with E-state index in [1.54, 1.807) is 0 Å². The molecule has 1 amide bonds. The topological polar surface area (TPSA) is 42.0 Å². The molecule has 33 heavy (non-hydrogen) atoms. The summed E-state index contributed by atoms with van der Waals surface area (Å²) >= 11 is 0. The highest BCUT2D eigenvalue weighted by Gasteiger charge is 2.18. The molecular formula is C30H32N2O. The van der Waals surface area contributed by atoms with Gasteiger partial charge in [-0.2, -0.15) is 0 Å². The van der Waals surface area contributed by atoms with Gasteiger partial charge in [0.15, 0.2) is 0 Å². The largest absolute Gasteiger partial charge is 0.345 e. The number of hydrogen-bond acceptors (Lipinski definition) is 2. The summed E-state index contributed by atoms with van der Waals surface area (Å²) in [6, 6.07) is 24.7. The molecule has 1 aromatic heterocycles. The van der Waals surface area contributed by atoms with Crippen LogP contribution < -0.4 is 5.32 Å². The summed E-state index contributed by atoms with van der Waals surface area (Å²) in [4.78, 5) is 18.4. The normalized spacial score (nSPS) is 12.2.